The Morgan fingerprint density at radius 3 is 2.72 bits per heavy atom. The maximum Gasteiger partial charge on any atom is 0.319 e. The minimum absolute atomic E-state index is 0.162. The molecule has 18 heavy (non-hydrogen) atoms. The Morgan fingerprint density at radius 2 is 2.11 bits per heavy atom. The lowest BCUT2D eigenvalue weighted by atomic mass is 9.98. The van der Waals surface area contributed by atoms with Gasteiger partial charge in [0.15, 0.2) is 0 Å². The molecule has 2 aliphatic rings. The molecule has 0 aromatic heterocycles. The van der Waals surface area contributed by atoms with E-state index in [9.17, 15) is 4.79 Å². The summed E-state index contributed by atoms with van der Waals surface area (Å²) in [6.07, 6.45) is 7.72. The van der Waals surface area contributed by atoms with E-state index >= 15 is 0 Å². The number of nitrogens with zero attached hydrogens (tertiary/aromatic N) is 1. The lowest BCUT2D eigenvalue weighted by molar-refractivity contribution is -0.142. The molecule has 104 valence electrons. The van der Waals surface area contributed by atoms with Crippen molar-refractivity contribution >= 4 is 5.97 Å². The third kappa shape index (κ3) is 3.23. The van der Waals surface area contributed by atoms with Gasteiger partial charge >= 0.3 is 5.97 Å². The molecule has 2 rings (SSSR count). The average molecular weight is 255 g/mol. The average Bonchev–Trinajstić information content (AvgIpc) is 2.99. The topological polar surface area (TPSA) is 38.8 Å². The van der Waals surface area contributed by atoms with Crippen molar-refractivity contribution in [3.8, 4) is 0 Å². The highest BCUT2D eigenvalue weighted by atomic mass is 16.5. The number of ether oxygens (including phenoxy) is 2. The molecule has 1 atom stereocenters. The number of carbonyl (C=O) groups excluding carboxylic acids is 1. The van der Waals surface area contributed by atoms with E-state index in [0.717, 1.165) is 19.5 Å². The highest BCUT2D eigenvalue weighted by molar-refractivity contribution is 5.71. The summed E-state index contributed by atoms with van der Waals surface area (Å²) >= 11 is 0. The Kier molecular flexibility index (Phi) is 4.62. The summed E-state index contributed by atoms with van der Waals surface area (Å²) in [5.41, 5.74) is 0.190. The molecule has 0 aromatic rings. The van der Waals surface area contributed by atoms with Crippen LogP contribution in [-0.4, -0.2) is 49.3 Å². The smallest absolute Gasteiger partial charge is 0.319 e. The number of carbonyl (C=O) groups is 1. The first kappa shape index (κ1) is 13.8. The van der Waals surface area contributed by atoms with Crippen molar-refractivity contribution in [3.63, 3.8) is 0 Å². The predicted octanol–water partition coefficient (Wildman–Crippen LogP) is 1.97. The van der Waals surface area contributed by atoms with Crippen LogP contribution >= 0.6 is 0 Å². The Hall–Kier alpha value is -0.610. The van der Waals surface area contributed by atoms with Gasteiger partial charge in [0.25, 0.3) is 0 Å². The maximum absolute atomic E-state index is 11.3. The van der Waals surface area contributed by atoms with Crippen LogP contribution in [0.3, 0.4) is 0 Å². The molecule has 1 saturated carbocycles. The zero-order valence-corrected chi connectivity index (χ0v) is 11.6. The number of likely N-dealkylation sites (N-methyl/N-ethyl adjacent to an activating group) is 1. The molecular weight excluding hydrogens is 230 g/mol. The highest BCUT2D eigenvalue weighted by Crippen LogP contribution is 2.43. The van der Waals surface area contributed by atoms with E-state index in [1.54, 1.807) is 0 Å². The summed E-state index contributed by atoms with van der Waals surface area (Å²) in [6, 6.07) is 0. The van der Waals surface area contributed by atoms with Crippen LogP contribution in [0.15, 0.2) is 0 Å². The standard InChI is InChI=1S/C14H25NO3/c1-3-15(11-13(16)17-2)10-12-6-9-14(18-12)7-4-5-8-14/h12H,3-11H2,1-2H3. The van der Waals surface area contributed by atoms with Crippen molar-refractivity contribution in [2.24, 2.45) is 0 Å². The summed E-state index contributed by atoms with van der Waals surface area (Å²) in [6.45, 7) is 4.17. The van der Waals surface area contributed by atoms with E-state index < -0.39 is 0 Å². The van der Waals surface area contributed by atoms with Gasteiger partial charge in [-0.2, -0.15) is 0 Å². The van der Waals surface area contributed by atoms with Crippen molar-refractivity contribution in [1.82, 2.24) is 4.90 Å². The van der Waals surface area contributed by atoms with E-state index in [0.29, 0.717) is 12.6 Å². The number of hydrogen-bond acceptors (Lipinski definition) is 4. The van der Waals surface area contributed by atoms with Gasteiger partial charge in [0.05, 0.1) is 25.4 Å². The van der Waals surface area contributed by atoms with Gasteiger partial charge in [-0.3, -0.25) is 9.69 Å². The second kappa shape index (κ2) is 6.02. The minimum atomic E-state index is -0.162. The van der Waals surface area contributed by atoms with Crippen LogP contribution in [0.1, 0.15) is 45.4 Å². The molecule has 0 N–H and O–H groups in total. The van der Waals surface area contributed by atoms with E-state index in [1.165, 1.54) is 39.2 Å². The molecule has 1 aliphatic carbocycles. The maximum atomic E-state index is 11.3. The summed E-state index contributed by atoms with van der Waals surface area (Å²) in [5.74, 6) is -0.162. The van der Waals surface area contributed by atoms with Gasteiger partial charge in [-0.25, -0.2) is 0 Å². The van der Waals surface area contributed by atoms with Crippen LogP contribution < -0.4 is 0 Å². The monoisotopic (exact) mass is 255 g/mol. The SMILES string of the molecule is CCN(CC(=O)OC)CC1CCC2(CCCC2)O1. The number of rotatable bonds is 5. The third-order valence-electron chi connectivity index (χ3n) is 4.34. The van der Waals surface area contributed by atoms with Gasteiger partial charge in [-0.1, -0.05) is 19.8 Å². The van der Waals surface area contributed by atoms with E-state index in [2.05, 4.69) is 11.8 Å². The quantitative estimate of drug-likeness (QED) is 0.704. The zero-order chi connectivity index (χ0) is 13.0. The molecule has 1 aliphatic heterocycles. The second-order valence-corrected chi connectivity index (χ2v) is 5.57. The lowest BCUT2D eigenvalue weighted by Gasteiger charge is -2.27. The van der Waals surface area contributed by atoms with E-state index in [4.69, 9.17) is 9.47 Å². The molecule has 1 saturated heterocycles. The Balaban J connectivity index is 1.80. The summed E-state index contributed by atoms with van der Waals surface area (Å²) < 4.78 is 11.0. The molecule has 1 unspecified atom stereocenters. The molecule has 0 aromatic carbocycles. The number of esters is 1. The van der Waals surface area contributed by atoms with Gasteiger partial charge in [0.2, 0.25) is 0 Å². The molecule has 2 fully saturated rings. The molecular formula is C14H25NO3. The van der Waals surface area contributed by atoms with Crippen LogP contribution in [0.5, 0.6) is 0 Å². The second-order valence-electron chi connectivity index (χ2n) is 5.57. The molecule has 0 amide bonds. The third-order valence-corrected chi connectivity index (χ3v) is 4.34. The fourth-order valence-corrected chi connectivity index (χ4v) is 3.25. The van der Waals surface area contributed by atoms with Crippen LogP contribution in [-0.2, 0) is 14.3 Å². The minimum Gasteiger partial charge on any atom is -0.468 e. The van der Waals surface area contributed by atoms with Crippen molar-refractivity contribution < 1.29 is 14.3 Å². The van der Waals surface area contributed by atoms with Crippen LogP contribution in [0.2, 0.25) is 0 Å². The molecule has 4 heteroatoms. The Morgan fingerprint density at radius 1 is 1.39 bits per heavy atom. The highest BCUT2D eigenvalue weighted by Gasteiger charge is 2.42. The first-order chi connectivity index (χ1) is 8.67. The molecule has 0 bridgehead atoms. The summed E-state index contributed by atoms with van der Waals surface area (Å²) in [5, 5.41) is 0. The van der Waals surface area contributed by atoms with Gasteiger partial charge in [-0.15, -0.1) is 0 Å². The van der Waals surface area contributed by atoms with Crippen LogP contribution in [0.25, 0.3) is 0 Å². The van der Waals surface area contributed by atoms with E-state index in [1.807, 2.05) is 0 Å². The molecule has 4 nitrogen and oxygen atoms in total. The van der Waals surface area contributed by atoms with Crippen molar-refractivity contribution in [1.29, 1.82) is 0 Å². The van der Waals surface area contributed by atoms with Crippen LogP contribution in [0.4, 0.5) is 0 Å². The number of hydrogen-bond donors (Lipinski definition) is 0. The fraction of sp³-hybridized carbons (Fsp3) is 0.929. The first-order valence-electron chi connectivity index (χ1n) is 7.14. The molecule has 0 radical (unpaired) electrons. The summed E-state index contributed by atoms with van der Waals surface area (Å²) in [7, 11) is 1.44. The zero-order valence-electron chi connectivity index (χ0n) is 11.6. The predicted molar refractivity (Wildman–Crippen MR) is 69.4 cm³/mol. The van der Waals surface area contributed by atoms with Crippen molar-refractivity contribution in [2.45, 2.75) is 57.2 Å². The van der Waals surface area contributed by atoms with Gasteiger partial charge < -0.3 is 9.47 Å². The normalized spacial score (nSPS) is 26.1. The molecule has 1 heterocycles. The van der Waals surface area contributed by atoms with Crippen LogP contribution in [0, 0.1) is 0 Å². The Bertz CT molecular complexity index is 287. The number of methoxy groups -OCH3 is 1. The van der Waals surface area contributed by atoms with Crippen molar-refractivity contribution in [3.05, 3.63) is 0 Å². The summed E-state index contributed by atoms with van der Waals surface area (Å²) in [4.78, 5) is 13.4. The molecule has 1 spiro atoms. The Labute approximate surface area is 110 Å². The van der Waals surface area contributed by atoms with Gasteiger partial charge in [0.1, 0.15) is 0 Å². The van der Waals surface area contributed by atoms with Gasteiger partial charge in [-0.05, 0) is 32.2 Å². The lowest BCUT2D eigenvalue weighted by Crippen LogP contribution is -2.37. The van der Waals surface area contributed by atoms with E-state index in [-0.39, 0.29) is 11.6 Å². The first-order valence-corrected chi connectivity index (χ1v) is 7.14. The van der Waals surface area contributed by atoms with Crippen molar-refractivity contribution in [2.75, 3.05) is 26.7 Å². The van der Waals surface area contributed by atoms with Gasteiger partial charge in [0, 0.05) is 6.54 Å². The largest absolute Gasteiger partial charge is 0.468 e. The fourth-order valence-electron chi connectivity index (χ4n) is 3.25.